The molecule has 0 unspecified atom stereocenters. The molecule has 1 heterocycles. The first-order chi connectivity index (χ1) is 12.5. The zero-order chi connectivity index (χ0) is 18.5. The maximum atomic E-state index is 12.5. The summed E-state index contributed by atoms with van der Waals surface area (Å²) in [6.07, 6.45) is 0.352. The SMILES string of the molecule is Cc1nc(C)c(CC(=O)c2ccccc2)nc1CC(=O)c1ccccc1. The Morgan fingerprint density at radius 3 is 1.42 bits per heavy atom. The second kappa shape index (κ2) is 7.83. The minimum Gasteiger partial charge on any atom is -0.294 e. The lowest BCUT2D eigenvalue weighted by atomic mass is 10.0. The highest BCUT2D eigenvalue weighted by Crippen LogP contribution is 2.14. The summed E-state index contributed by atoms with van der Waals surface area (Å²) >= 11 is 0. The molecule has 3 aromatic rings. The molecule has 0 saturated heterocycles. The zero-order valence-electron chi connectivity index (χ0n) is 14.9. The molecule has 1 aromatic heterocycles. The monoisotopic (exact) mass is 344 g/mol. The van der Waals surface area contributed by atoms with Gasteiger partial charge in [0.15, 0.2) is 11.6 Å². The fourth-order valence-electron chi connectivity index (χ4n) is 2.80. The molecule has 0 bridgehead atoms. The molecular formula is C22H20N2O2. The number of benzene rings is 2. The first kappa shape index (κ1) is 17.7. The Morgan fingerprint density at radius 2 is 1.04 bits per heavy atom. The van der Waals surface area contributed by atoms with E-state index in [4.69, 9.17) is 0 Å². The van der Waals surface area contributed by atoms with Crippen molar-refractivity contribution in [2.75, 3.05) is 0 Å². The van der Waals surface area contributed by atoms with E-state index in [2.05, 4.69) is 9.97 Å². The van der Waals surface area contributed by atoms with Crippen LogP contribution in [0.15, 0.2) is 60.7 Å². The van der Waals surface area contributed by atoms with Crippen molar-refractivity contribution < 1.29 is 9.59 Å². The Kier molecular flexibility index (Phi) is 5.32. The van der Waals surface area contributed by atoms with Gasteiger partial charge in [0, 0.05) is 11.1 Å². The molecule has 0 fully saturated rings. The van der Waals surface area contributed by atoms with Crippen LogP contribution >= 0.6 is 0 Å². The highest BCUT2D eigenvalue weighted by atomic mass is 16.1. The van der Waals surface area contributed by atoms with E-state index in [0.717, 1.165) is 11.4 Å². The van der Waals surface area contributed by atoms with Crippen molar-refractivity contribution >= 4 is 11.6 Å². The molecule has 130 valence electrons. The highest BCUT2D eigenvalue weighted by molar-refractivity contribution is 5.98. The van der Waals surface area contributed by atoms with Crippen molar-refractivity contribution in [1.82, 2.24) is 9.97 Å². The molecule has 0 aliphatic carbocycles. The van der Waals surface area contributed by atoms with Gasteiger partial charge in [0.25, 0.3) is 0 Å². The summed E-state index contributed by atoms with van der Waals surface area (Å²) in [6.45, 7) is 3.69. The predicted molar refractivity (Wildman–Crippen MR) is 100 cm³/mol. The number of rotatable bonds is 6. The molecule has 4 heteroatoms. The molecule has 0 atom stereocenters. The van der Waals surface area contributed by atoms with Crippen molar-refractivity contribution in [2.24, 2.45) is 0 Å². The van der Waals surface area contributed by atoms with Crippen LogP contribution in [0.3, 0.4) is 0 Å². The maximum absolute atomic E-state index is 12.5. The molecule has 0 aliphatic heterocycles. The number of aromatic nitrogens is 2. The molecule has 0 saturated carbocycles. The van der Waals surface area contributed by atoms with Gasteiger partial charge in [0.2, 0.25) is 0 Å². The molecular weight excluding hydrogens is 324 g/mol. The second-order valence-corrected chi connectivity index (χ2v) is 6.22. The lowest BCUT2D eigenvalue weighted by Crippen LogP contribution is -2.13. The summed E-state index contributed by atoms with van der Waals surface area (Å²) in [5, 5.41) is 0. The van der Waals surface area contributed by atoms with Crippen LogP contribution in [0.2, 0.25) is 0 Å². The van der Waals surface area contributed by atoms with Crippen molar-refractivity contribution in [3.63, 3.8) is 0 Å². The van der Waals surface area contributed by atoms with E-state index in [-0.39, 0.29) is 24.4 Å². The molecule has 0 radical (unpaired) electrons. The number of aryl methyl sites for hydroxylation is 2. The van der Waals surface area contributed by atoms with Gasteiger partial charge in [-0.25, -0.2) is 0 Å². The predicted octanol–water partition coefficient (Wildman–Crippen LogP) is 3.94. The maximum Gasteiger partial charge on any atom is 0.168 e. The van der Waals surface area contributed by atoms with E-state index in [0.29, 0.717) is 22.5 Å². The van der Waals surface area contributed by atoms with Crippen LogP contribution in [0.1, 0.15) is 43.5 Å². The van der Waals surface area contributed by atoms with Crippen LogP contribution in [0.5, 0.6) is 0 Å². The lowest BCUT2D eigenvalue weighted by Gasteiger charge is -2.10. The third kappa shape index (κ3) is 4.09. The van der Waals surface area contributed by atoms with Crippen molar-refractivity contribution in [2.45, 2.75) is 26.7 Å². The van der Waals surface area contributed by atoms with Crippen molar-refractivity contribution in [3.8, 4) is 0 Å². The number of ketones is 2. The van der Waals surface area contributed by atoms with Gasteiger partial charge < -0.3 is 0 Å². The number of Topliss-reactive ketones (excluding diaryl/α,β-unsaturated/α-hetero) is 2. The summed E-state index contributed by atoms with van der Waals surface area (Å²) in [7, 11) is 0. The van der Waals surface area contributed by atoms with E-state index < -0.39 is 0 Å². The van der Waals surface area contributed by atoms with Gasteiger partial charge in [-0.05, 0) is 13.8 Å². The van der Waals surface area contributed by atoms with Crippen LogP contribution in [0.4, 0.5) is 0 Å². The minimum absolute atomic E-state index is 0.00723. The number of hydrogen-bond donors (Lipinski definition) is 0. The van der Waals surface area contributed by atoms with Gasteiger partial charge in [0.05, 0.1) is 35.6 Å². The zero-order valence-corrected chi connectivity index (χ0v) is 14.9. The minimum atomic E-state index is -0.00723. The number of hydrogen-bond acceptors (Lipinski definition) is 4. The quantitative estimate of drug-likeness (QED) is 0.635. The Bertz CT molecular complexity index is 860. The van der Waals surface area contributed by atoms with Gasteiger partial charge in [0.1, 0.15) is 0 Å². The lowest BCUT2D eigenvalue weighted by molar-refractivity contribution is 0.0986. The fourth-order valence-corrected chi connectivity index (χ4v) is 2.80. The van der Waals surface area contributed by atoms with Gasteiger partial charge in [-0.3, -0.25) is 19.6 Å². The average Bonchev–Trinajstić information content (AvgIpc) is 2.66. The van der Waals surface area contributed by atoms with Gasteiger partial charge >= 0.3 is 0 Å². The molecule has 4 nitrogen and oxygen atoms in total. The smallest absolute Gasteiger partial charge is 0.168 e. The summed E-state index contributed by atoms with van der Waals surface area (Å²) in [4.78, 5) is 34.0. The summed E-state index contributed by atoms with van der Waals surface area (Å²) in [6, 6.07) is 18.3. The number of carbonyl (C=O) groups excluding carboxylic acids is 2. The van der Waals surface area contributed by atoms with E-state index >= 15 is 0 Å². The van der Waals surface area contributed by atoms with E-state index in [9.17, 15) is 9.59 Å². The van der Waals surface area contributed by atoms with Crippen LogP contribution in [0.25, 0.3) is 0 Å². The third-order valence-corrected chi connectivity index (χ3v) is 4.29. The topological polar surface area (TPSA) is 59.9 Å². The molecule has 26 heavy (non-hydrogen) atoms. The van der Waals surface area contributed by atoms with E-state index in [1.807, 2.05) is 50.2 Å². The fraction of sp³-hybridized carbons (Fsp3) is 0.182. The van der Waals surface area contributed by atoms with Crippen LogP contribution in [-0.4, -0.2) is 21.5 Å². The van der Waals surface area contributed by atoms with Crippen LogP contribution in [-0.2, 0) is 12.8 Å². The van der Waals surface area contributed by atoms with Crippen LogP contribution in [0, 0.1) is 13.8 Å². The molecule has 0 amide bonds. The van der Waals surface area contributed by atoms with Crippen LogP contribution < -0.4 is 0 Å². The van der Waals surface area contributed by atoms with Crippen molar-refractivity contribution in [3.05, 3.63) is 94.6 Å². The molecule has 3 rings (SSSR count). The van der Waals surface area contributed by atoms with Gasteiger partial charge in [-0.2, -0.15) is 0 Å². The van der Waals surface area contributed by atoms with E-state index in [1.54, 1.807) is 24.3 Å². The summed E-state index contributed by atoms with van der Waals surface area (Å²) < 4.78 is 0. The van der Waals surface area contributed by atoms with Gasteiger partial charge in [-0.15, -0.1) is 0 Å². The number of carbonyl (C=O) groups is 2. The Hall–Kier alpha value is -3.14. The standard InChI is InChI=1S/C22H20N2O2/c1-15-19(13-21(25)17-9-5-3-6-10-17)24-20(16(2)23-15)14-22(26)18-11-7-4-8-12-18/h3-12H,13-14H2,1-2H3. The first-order valence-corrected chi connectivity index (χ1v) is 8.54. The first-order valence-electron chi connectivity index (χ1n) is 8.54. The van der Waals surface area contributed by atoms with E-state index in [1.165, 1.54) is 0 Å². The summed E-state index contributed by atoms with van der Waals surface area (Å²) in [5.41, 5.74) is 4.00. The van der Waals surface area contributed by atoms with Gasteiger partial charge in [-0.1, -0.05) is 60.7 Å². The molecule has 0 spiro atoms. The average molecular weight is 344 g/mol. The Labute approximate surface area is 152 Å². The Morgan fingerprint density at radius 1 is 0.654 bits per heavy atom. The highest BCUT2D eigenvalue weighted by Gasteiger charge is 2.16. The Balaban J connectivity index is 1.83. The normalized spacial score (nSPS) is 10.5. The second-order valence-electron chi connectivity index (χ2n) is 6.22. The third-order valence-electron chi connectivity index (χ3n) is 4.29. The number of nitrogens with zero attached hydrogens (tertiary/aromatic N) is 2. The summed E-state index contributed by atoms with van der Waals surface area (Å²) in [5.74, 6) is -0.0145. The largest absolute Gasteiger partial charge is 0.294 e. The molecule has 0 N–H and O–H groups in total. The molecule has 2 aromatic carbocycles. The molecule has 0 aliphatic rings. The van der Waals surface area contributed by atoms with Crippen molar-refractivity contribution in [1.29, 1.82) is 0 Å².